The summed E-state index contributed by atoms with van der Waals surface area (Å²) in [4.78, 5) is 0. The molecule has 0 aliphatic rings. The molecule has 19 heavy (non-hydrogen) atoms. The van der Waals surface area contributed by atoms with E-state index >= 15 is 0 Å². The second-order valence-electron chi connectivity index (χ2n) is 4.35. The summed E-state index contributed by atoms with van der Waals surface area (Å²) in [6.45, 7) is 2.01. The topological polar surface area (TPSA) is 35.2 Å². The Morgan fingerprint density at radius 1 is 1.21 bits per heavy atom. The molecular weight excluding hydrogens is 265 g/mol. The van der Waals surface area contributed by atoms with Crippen molar-refractivity contribution < 1.29 is 9.13 Å². The van der Waals surface area contributed by atoms with Gasteiger partial charge in [-0.05, 0) is 36.8 Å². The molecule has 1 atom stereocenters. The molecule has 0 heterocycles. The van der Waals surface area contributed by atoms with Gasteiger partial charge in [-0.2, -0.15) is 0 Å². The summed E-state index contributed by atoms with van der Waals surface area (Å²) in [6.07, 6.45) is 0. The highest BCUT2D eigenvalue weighted by molar-refractivity contribution is 6.31. The van der Waals surface area contributed by atoms with E-state index in [2.05, 4.69) is 0 Å². The minimum absolute atomic E-state index is 0.0185. The van der Waals surface area contributed by atoms with Gasteiger partial charge in [0.1, 0.15) is 18.2 Å². The van der Waals surface area contributed by atoms with Crippen LogP contribution in [0.2, 0.25) is 5.02 Å². The van der Waals surface area contributed by atoms with Crippen LogP contribution in [0.3, 0.4) is 0 Å². The zero-order chi connectivity index (χ0) is 13.8. The van der Waals surface area contributed by atoms with Crippen molar-refractivity contribution in [2.75, 3.05) is 0 Å². The van der Waals surface area contributed by atoms with Gasteiger partial charge in [-0.25, -0.2) is 4.39 Å². The van der Waals surface area contributed by atoms with Gasteiger partial charge < -0.3 is 10.5 Å². The van der Waals surface area contributed by atoms with Crippen molar-refractivity contribution >= 4 is 11.6 Å². The normalized spacial score (nSPS) is 12.2. The number of hydrogen-bond donors (Lipinski definition) is 1. The zero-order valence-corrected chi connectivity index (χ0v) is 11.3. The smallest absolute Gasteiger partial charge is 0.131 e. The summed E-state index contributed by atoms with van der Waals surface area (Å²) >= 11 is 5.93. The zero-order valence-electron chi connectivity index (χ0n) is 10.6. The van der Waals surface area contributed by atoms with Gasteiger partial charge in [0.25, 0.3) is 0 Å². The predicted octanol–water partition coefficient (Wildman–Crippen LogP) is 4.08. The molecule has 0 fully saturated rings. The molecule has 0 aliphatic heterocycles. The highest BCUT2D eigenvalue weighted by atomic mass is 35.5. The van der Waals surface area contributed by atoms with E-state index in [1.54, 1.807) is 12.1 Å². The first kappa shape index (κ1) is 13.8. The van der Waals surface area contributed by atoms with Crippen LogP contribution in [-0.4, -0.2) is 0 Å². The van der Waals surface area contributed by atoms with Crippen LogP contribution in [0.1, 0.15) is 24.1 Å². The van der Waals surface area contributed by atoms with Crippen LogP contribution in [0.15, 0.2) is 42.5 Å². The average molecular weight is 280 g/mol. The molecule has 0 aliphatic carbocycles. The molecule has 0 spiro atoms. The fourth-order valence-corrected chi connectivity index (χ4v) is 1.91. The van der Waals surface area contributed by atoms with E-state index in [-0.39, 0.29) is 18.5 Å². The van der Waals surface area contributed by atoms with Crippen molar-refractivity contribution in [3.05, 3.63) is 64.4 Å². The minimum Gasteiger partial charge on any atom is -0.489 e. The first-order chi connectivity index (χ1) is 9.08. The summed E-state index contributed by atoms with van der Waals surface area (Å²) < 4.78 is 19.1. The first-order valence-electron chi connectivity index (χ1n) is 5.99. The van der Waals surface area contributed by atoms with Gasteiger partial charge >= 0.3 is 0 Å². The fourth-order valence-electron chi connectivity index (χ4n) is 1.69. The van der Waals surface area contributed by atoms with Gasteiger partial charge in [0.15, 0.2) is 0 Å². The van der Waals surface area contributed by atoms with E-state index in [1.807, 2.05) is 31.2 Å². The Bertz CT molecular complexity index is 534. The Kier molecular flexibility index (Phi) is 4.40. The maximum atomic E-state index is 13.5. The van der Waals surface area contributed by atoms with Crippen LogP contribution in [-0.2, 0) is 6.61 Å². The van der Waals surface area contributed by atoms with Gasteiger partial charge in [0, 0.05) is 11.6 Å². The highest BCUT2D eigenvalue weighted by Gasteiger charge is 2.07. The summed E-state index contributed by atoms with van der Waals surface area (Å²) in [5.41, 5.74) is 7.15. The molecule has 2 aromatic rings. The molecule has 0 bridgehead atoms. The van der Waals surface area contributed by atoms with Crippen LogP contribution in [0.5, 0.6) is 5.75 Å². The fraction of sp³-hybridized carbons (Fsp3) is 0.200. The van der Waals surface area contributed by atoms with Gasteiger partial charge in [0.05, 0.1) is 5.02 Å². The summed E-state index contributed by atoms with van der Waals surface area (Å²) in [5.74, 6) is 0.295. The Labute approximate surface area is 117 Å². The number of benzene rings is 2. The molecule has 2 nitrogen and oxygen atoms in total. The van der Waals surface area contributed by atoms with Crippen molar-refractivity contribution in [3.63, 3.8) is 0 Å². The number of ether oxygens (including phenoxy) is 1. The highest BCUT2D eigenvalue weighted by Crippen LogP contribution is 2.22. The Morgan fingerprint density at radius 3 is 2.47 bits per heavy atom. The molecule has 100 valence electrons. The maximum Gasteiger partial charge on any atom is 0.131 e. The van der Waals surface area contributed by atoms with Crippen molar-refractivity contribution in [1.29, 1.82) is 0 Å². The molecule has 0 saturated heterocycles. The van der Waals surface area contributed by atoms with Gasteiger partial charge in [-0.3, -0.25) is 0 Å². The SMILES string of the molecule is CC(N)c1ccc(OCc2c(F)cccc2Cl)cc1. The molecule has 2 rings (SSSR count). The molecule has 0 radical (unpaired) electrons. The van der Waals surface area contributed by atoms with Gasteiger partial charge in [-0.15, -0.1) is 0 Å². The second-order valence-corrected chi connectivity index (χ2v) is 4.75. The Balaban J connectivity index is 2.06. The lowest BCUT2D eigenvalue weighted by atomic mass is 10.1. The summed E-state index contributed by atoms with van der Waals surface area (Å²) in [7, 11) is 0. The largest absolute Gasteiger partial charge is 0.489 e. The van der Waals surface area contributed by atoms with Gasteiger partial charge in [0.2, 0.25) is 0 Å². The van der Waals surface area contributed by atoms with Crippen molar-refractivity contribution in [2.24, 2.45) is 5.73 Å². The van der Waals surface area contributed by atoms with Crippen LogP contribution in [0.4, 0.5) is 4.39 Å². The Morgan fingerprint density at radius 2 is 1.89 bits per heavy atom. The molecule has 0 saturated carbocycles. The van der Waals surface area contributed by atoms with E-state index in [0.29, 0.717) is 16.3 Å². The minimum atomic E-state index is -0.361. The van der Waals surface area contributed by atoms with E-state index in [1.165, 1.54) is 6.07 Å². The third kappa shape index (κ3) is 3.46. The van der Waals surface area contributed by atoms with Crippen molar-refractivity contribution in [3.8, 4) is 5.75 Å². The van der Waals surface area contributed by atoms with E-state index in [4.69, 9.17) is 22.1 Å². The lowest BCUT2D eigenvalue weighted by molar-refractivity contribution is 0.300. The molecule has 2 N–H and O–H groups in total. The van der Waals surface area contributed by atoms with Crippen molar-refractivity contribution in [2.45, 2.75) is 19.6 Å². The maximum absolute atomic E-state index is 13.5. The quantitative estimate of drug-likeness (QED) is 0.915. The Hall–Kier alpha value is -1.58. The lowest BCUT2D eigenvalue weighted by Crippen LogP contribution is -2.04. The van der Waals surface area contributed by atoms with Crippen molar-refractivity contribution in [1.82, 2.24) is 0 Å². The molecule has 4 heteroatoms. The van der Waals surface area contributed by atoms with E-state index in [0.717, 1.165) is 5.56 Å². The summed E-state index contributed by atoms with van der Waals surface area (Å²) in [5, 5.41) is 0.368. The van der Waals surface area contributed by atoms with E-state index in [9.17, 15) is 4.39 Å². The van der Waals surface area contributed by atoms with Gasteiger partial charge in [-0.1, -0.05) is 29.8 Å². The molecular formula is C15H15ClFNO. The number of hydrogen-bond acceptors (Lipinski definition) is 2. The number of rotatable bonds is 4. The van der Waals surface area contributed by atoms with Crippen LogP contribution < -0.4 is 10.5 Å². The molecule has 0 aromatic heterocycles. The molecule has 1 unspecified atom stereocenters. The summed E-state index contributed by atoms with van der Waals surface area (Å²) in [6, 6.07) is 12.0. The predicted molar refractivity (Wildman–Crippen MR) is 74.8 cm³/mol. The number of nitrogens with two attached hydrogens (primary N) is 1. The third-order valence-electron chi connectivity index (χ3n) is 2.85. The second kappa shape index (κ2) is 6.04. The first-order valence-corrected chi connectivity index (χ1v) is 6.37. The van der Waals surface area contributed by atoms with Crippen LogP contribution >= 0.6 is 11.6 Å². The van der Waals surface area contributed by atoms with E-state index < -0.39 is 0 Å². The average Bonchev–Trinajstić information content (AvgIpc) is 2.38. The monoisotopic (exact) mass is 279 g/mol. The van der Waals surface area contributed by atoms with Crippen LogP contribution in [0, 0.1) is 5.82 Å². The molecule has 2 aromatic carbocycles. The standard InChI is InChI=1S/C15H15ClFNO/c1-10(18)11-5-7-12(8-6-11)19-9-13-14(16)3-2-4-15(13)17/h2-8,10H,9,18H2,1H3. The van der Waals surface area contributed by atoms with Crippen LogP contribution in [0.25, 0.3) is 0 Å². The lowest BCUT2D eigenvalue weighted by Gasteiger charge is -2.10. The molecule has 0 amide bonds. The third-order valence-corrected chi connectivity index (χ3v) is 3.20. The number of halogens is 2.